The Labute approximate surface area is 236 Å². The molecule has 0 aliphatic carbocycles. The number of anilines is 1. The predicted molar refractivity (Wildman–Crippen MR) is 150 cm³/mol. The highest BCUT2D eigenvalue weighted by Gasteiger charge is 2.37. The molecule has 0 radical (unpaired) electrons. The Balaban J connectivity index is 1.62. The number of nitro benzene ring substituents is 1. The molecule has 39 heavy (non-hydrogen) atoms. The van der Waals surface area contributed by atoms with Crippen LogP contribution in [0, 0.1) is 13.7 Å². The van der Waals surface area contributed by atoms with E-state index in [0.717, 1.165) is 10.5 Å². The monoisotopic (exact) mass is 643 g/mol. The zero-order chi connectivity index (χ0) is 28.1. The Hall–Kier alpha value is -4.46. The van der Waals surface area contributed by atoms with E-state index in [9.17, 15) is 24.5 Å². The van der Waals surface area contributed by atoms with Gasteiger partial charge in [0.15, 0.2) is 11.5 Å². The number of benzene rings is 3. The van der Waals surface area contributed by atoms with Gasteiger partial charge in [0.05, 0.1) is 27.9 Å². The third kappa shape index (κ3) is 6.17. The summed E-state index contributed by atoms with van der Waals surface area (Å²) >= 11 is 2.05. The number of amides is 4. The van der Waals surface area contributed by atoms with E-state index in [-0.39, 0.29) is 23.6 Å². The first kappa shape index (κ1) is 27.6. The van der Waals surface area contributed by atoms with Crippen LogP contribution in [0.25, 0.3) is 6.08 Å². The van der Waals surface area contributed by atoms with Crippen molar-refractivity contribution in [1.82, 2.24) is 5.32 Å². The lowest BCUT2D eigenvalue weighted by atomic mass is 10.1. The van der Waals surface area contributed by atoms with Crippen LogP contribution in [0.3, 0.4) is 0 Å². The van der Waals surface area contributed by atoms with Crippen LogP contribution < -0.4 is 24.4 Å². The number of hydrogen-bond donors (Lipinski definition) is 1. The summed E-state index contributed by atoms with van der Waals surface area (Å²) in [6.07, 6.45) is 1.38. The van der Waals surface area contributed by atoms with E-state index in [1.54, 1.807) is 43.3 Å². The smallest absolute Gasteiger partial charge is 0.335 e. The zero-order valence-electron chi connectivity index (χ0n) is 20.8. The number of carbonyl (C=O) groups is 3. The van der Waals surface area contributed by atoms with Gasteiger partial charge in [-0.15, -0.1) is 0 Å². The molecule has 0 saturated carbocycles. The Morgan fingerprint density at radius 1 is 1.03 bits per heavy atom. The third-order valence-corrected chi connectivity index (χ3v) is 6.41. The molecule has 1 saturated heterocycles. The van der Waals surface area contributed by atoms with Crippen molar-refractivity contribution in [3.05, 3.63) is 91.0 Å². The molecule has 4 amide bonds. The van der Waals surface area contributed by atoms with Crippen molar-refractivity contribution in [2.24, 2.45) is 0 Å². The van der Waals surface area contributed by atoms with Crippen molar-refractivity contribution in [3.63, 3.8) is 0 Å². The first-order valence-corrected chi connectivity index (χ1v) is 12.7. The molecule has 4 rings (SSSR count). The third-order valence-electron chi connectivity index (χ3n) is 5.61. The van der Waals surface area contributed by atoms with Gasteiger partial charge in [-0.2, -0.15) is 0 Å². The van der Waals surface area contributed by atoms with E-state index < -0.39 is 22.8 Å². The SMILES string of the molecule is CCOc1cc(/C=C2\C(=O)NC(=O)N(c3ccc(OC)cc3)C2=O)cc(I)c1OCc1ccc([N+](=O)[O-])cc1. The van der Waals surface area contributed by atoms with E-state index >= 15 is 0 Å². The quantitative estimate of drug-likeness (QED) is 0.115. The molecule has 1 aliphatic heterocycles. The van der Waals surface area contributed by atoms with Gasteiger partial charge in [-0.3, -0.25) is 25.0 Å². The fourth-order valence-electron chi connectivity index (χ4n) is 3.73. The number of rotatable bonds is 9. The van der Waals surface area contributed by atoms with Gasteiger partial charge >= 0.3 is 6.03 Å². The minimum atomic E-state index is -0.855. The van der Waals surface area contributed by atoms with Gasteiger partial charge in [-0.05, 0) is 95.2 Å². The summed E-state index contributed by atoms with van der Waals surface area (Å²) in [4.78, 5) is 49.6. The molecule has 0 aromatic heterocycles. The number of nitrogens with one attached hydrogen (secondary N) is 1. The second-order valence-electron chi connectivity index (χ2n) is 8.13. The van der Waals surface area contributed by atoms with Gasteiger partial charge in [0.2, 0.25) is 0 Å². The molecular weight excluding hydrogens is 621 g/mol. The summed E-state index contributed by atoms with van der Waals surface area (Å²) in [5, 5.41) is 13.1. The summed E-state index contributed by atoms with van der Waals surface area (Å²) in [6.45, 7) is 2.26. The number of hydrogen-bond acceptors (Lipinski definition) is 8. The standard InChI is InChI=1S/C27H22IN3O8/c1-3-38-23-14-17(13-22(28)24(23)39-15-16-4-6-19(7-5-16)31(35)36)12-21-25(32)29-27(34)30(26(21)33)18-8-10-20(37-2)11-9-18/h4-14H,3,15H2,1-2H3,(H,29,32,34)/b21-12+. The van der Waals surface area contributed by atoms with Gasteiger partial charge in [-0.1, -0.05) is 0 Å². The minimum Gasteiger partial charge on any atom is -0.497 e. The molecule has 0 atom stereocenters. The summed E-state index contributed by atoms with van der Waals surface area (Å²) < 4.78 is 17.5. The van der Waals surface area contributed by atoms with E-state index in [2.05, 4.69) is 27.9 Å². The Morgan fingerprint density at radius 3 is 2.33 bits per heavy atom. The van der Waals surface area contributed by atoms with Crippen molar-refractivity contribution >= 4 is 57.9 Å². The molecule has 1 aliphatic rings. The molecule has 200 valence electrons. The van der Waals surface area contributed by atoms with Gasteiger partial charge in [-0.25, -0.2) is 9.69 Å². The highest BCUT2D eigenvalue weighted by atomic mass is 127. The van der Waals surface area contributed by atoms with E-state index in [1.165, 1.54) is 37.5 Å². The van der Waals surface area contributed by atoms with Crippen molar-refractivity contribution in [3.8, 4) is 17.2 Å². The Kier molecular flexibility index (Phi) is 8.44. The van der Waals surface area contributed by atoms with Gasteiger partial charge in [0.1, 0.15) is 17.9 Å². The average Bonchev–Trinajstić information content (AvgIpc) is 2.91. The number of urea groups is 1. The molecule has 3 aromatic rings. The summed E-state index contributed by atoms with van der Waals surface area (Å²) in [6, 6.07) is 14.8. The number of imide groups is 2. The van der Waals surface area contributed by atoms with Crippen LogP contribution in [0.1, 0.15) is 18.1 Å². The van der Waals surface area contributed by atoms with Crippen LogP contribution in [0.15, 0.2) is 66.2 Å². The number of nitrogens with zero attached hydrogens (tertiary/aromatic N) is 2. The molecule has 12 heteroatoms. The minimum absolute atomic E-state index is 0.0192. The average molecular weight is 643 g/mol. The number of non-ortho nitro benzene ring substituents is 1. The zero-order valence-corrected chi connectivity index (χ0v) is 23.0. The molecule has 1 fully saturated rings. The maximum atomic E-state index is 13.2. The maximum Gasteiger partial charge on any atom is 0.335 e. The first-order valence-electron chi connectivity index (χ1n) is 11.6. The fourth-order valence-corrected chi connectivity index (χ4v) is 4.51. The number of halogens is 1. The molecule has 0 unspecified atom stereocenters. The first-order chi connectivity index (χ1) is 18.7. The topological polar surface area (TPSA) is 137 Å². The van der Waals surface area contributed by atoms with Crippen molar-refractivity contribution in [2.75, 3.05) is 18.6 Å². The molecule has 1 N–H and O–H groups in total. The number of carbonyl (C=O) groups excluding carboxylic acids is 3. The largest absolute Gasteiger partial charge is 0.497 e. The lowest BCUT2D eigenvalue weighted by Gasteiger charge is -2.26. The van der Waals surface area contributed by atoms with Crippen LogP contribution in [0.2, 0.25) is 0 Å². The van der Waals surface area contributed by atoms with Crippen molar-refractivity contribution in [1.29, 1.82) is 0 Å². The van der Waals surface area contributed by atoms with E-state index in [0.29, 0.717) is 33.0 Å². The predicted octanol–water partition coefficient (Wildman–Crippen LogP) is 4.85. The second kappa shape index (κ2) is 11.9. The molecule has 11 nitrogen and oxygen atoms in total. The normalized spacial score (nSPS) is 14.3. The van der Waals surface area contributed by atoms with Crippen molar-refractivity contribution in [2.45, 2.75) is 13.5 Å². The van der Waals surface area contributed by atoms with Crippen LogP contribution in [0.4, 0.5) is 16.2 Å². The number of barbiturate groups is 1. The lowest BCUT2D eigenvalue weighted by molar-refractivity contribution is -0.384. The lowest BCUT2D eigenvalue weighted by Crippen LogP contribution is -2.54. The van der Waals surface area contributed by atoms with Gasteiger partial charge < -0.3 is 14.2 Å². The van der Waals surface area contributed by atoms with Crippen LogP contribution in [0.5, 0.6) is 17.2 Å². The summed E-state index contributed by atoms with van der Waals surface area (Å²) in [5.41, 5.74) is 1.22. The molecule has 1 heterocycles. The number of ether oxygens (including phenoxy) is 3. The molecular formula is C27H22IN3O8. The molecule has 0 spiro atoms. The second-order valence-corrected chi connectivity index (χ2v) is 9.29. The van der Waals surface area contributed by atoms with Crippen molar-refractivity contribution < 1.29 is 33.5 Å². The van der Waals surface area contributed by atoms with Crippen LogP contribution >= 0.6 is 22.6 Å². The highest BCUT2D eigenvalue weighted by molar-refractivity contribution is 14.1. The van der Waals surface area contributed by atoms with E-state index in [1.807, 2.05) is 0 Å². The molecule has 0 bridgehead atoms. The van der Waals surface area contributed by atoms with E-state index in [4.69, 9.17) is 14.2 Å². The number of nitro groups is 1. The van der Waals surface area contributed by atoms with Gasteiger partial charge in [0, 0.05) is 12.1 Å². The van der Waals surface area contributed by atoms with Gasteiger partial charge in [0.25, 0.3) is 17.5 Å². The Bertz CT molecular complexity index is 1470. The molecule has 3 aromatic carbocycles. The Morgan fingerprint density at radius 2 is 1.72 bits per heavy atom. The van der Waals surface area contributed by atoms with Crippen LogP contribution in [-0.2, 0) is 16.2 Å². The highest BCUT2D eigenvalue weighted by Crippen LogP contribution is 2.36. The number of methoxy groups -OCH3 is 1. The van der Waals surface area contributed by atoms with Crippen LogP contribution in [-0.4, -0.2) is 36.5 Å². The summed E-state index contributed by atoms with van der Waals surface area (Å²) in [5.74, 6) is -0.233. The maximum absolute atomic E-state index is 13.2. The fraction of sp³-hybridized carbons (Fsp3) is 0.148. The summed E-state index contributed by atoms with van der Waals surface area (Å²) in [7, 11) is 1.50.